The van der Waals surface area contributed by atoms with Crippen molar-refractivity contribution < 1.29 is 9.59 Å². The lowest BCUT2D eigenvalue weighted by atomic mass is 10.1. The van der Waals surface area contributed by atoms with Gasteiger partial charge in [0.2, 0.25) is 11.8 Å². The fourth-order valence-electron chi connectivity index (χ4n) is 1.73. The van der Waals surface area contributed by atoms with E-state index < -0.39 is 0 Å². The van der Waals surface area contributed by atoms with Gasteiger partial charge >= 0.3 is 0 Å². The van der Waals surface area contributed by atoms with Crippen molar-refractivity contribution >= 4 is 24.4 Å². The average Bonchev–Trinajstić information content (AvgIpc) is 2.48. The van der Waals surface area contributed by atoms with Gasteiger partial charge in [-0.15, -0.1) is 0 Å². The number of likely N-dealkylation sites (tertiary alicyclic amines) is 1. The molecule has 0 bridgehead atoms. The zero-order valence-electron chi connectivity index (χ0n) is 8.53. The van der Waals surface area contributed by atoms with Crippen LogP contribution in [-0.4, -0.2) is 29.0 Å². The molecule has 1 rings (SSSR count). The van der Waals surface area contributed by atoms with Crippen molar-refractivity contribution in [2.45, 2.75) is 32.6 Å². The summed E-state index contributed by atoms with van der Waals surface area (Å²) in [5.41, 5.74) is 0. The third-order valence-corrected chi connectivity index (χ3v) is 3.07. The lowest BCUT2D eigenvalue weighted by Crippen LogP contribution is -2.34. The first-order valence-corrected chi connectivity index (χ1v) is 5.76. The minimum Gasteiger partial charge on any atom is -0.282 e. The maximum absolute atomic E-state index is 11.3. The van der Waals surface area contributed by atoms with Gasteiger partial charge in [-0.3, -0.25) is 14.5 Å². The number of carbonyl (C=O) groups is 2. The molecule has 0 aromatic heterocycles. The molecular formula is C10H17NO2S. The van der Waals surface area contributed by atoms with E-state index in [-0.39, 0.29) is 11.8 Å². The van der Waals surface area contributed by atoms with Crippen LogP contribution >= 0.6 is 12.6 Å². The molecule has 0 saturated carbocycles. The molecule has 4 heteroatoms. The predicted molar refractivity (Wildman–Crippen MR) is 58.2 cm³/mol. The summed E-state index contributed by atoms with van der Waals surface area (Å²) in [6, 6.07) is 0. The van der Waals surface area contributed by atoms with Gasteiger partial charge < -0.3 is 0 Å². The van der Waals surface area contributed by atoms with E-state index in [0.717, 1.165) is 18.6 Å². The Balaban J connectivity index is 2.48. The van der Waals surface area contributed by atoms with E-state index >= 15 is 0 Å². The highest BCUT2D eigenvalue weighted by molar-refractivity contribution is 7.80. The van der Waals surface area contributed by atoms with Gasteiger partial charge in [-0.2, -0.15) is 12.6 Å². The van der Waals surface area contributed by atoms with Crippen LogP contribution in [0.25, 0.3) is 0 Å². The largest absolute Gasteiger partial charge is 0.282 e. The Hall–Kier alpha value is -0.510. The van der Waals surface area contributed by atoms with Crippen LogP contribution < -0.4 is 0 Å². The summed E-state index contributed by atoms with van der Waals surface area (Å²) in [6.07, 6.45) is 2.89. The Morgan fingerprint density at radius 2 is 1.93 bits per heavy atom. The van der Waals surface area contributed by atoms with Gasteiger partial charge in [0.15, 0.2) is 0 Å². The Morgan fingerprint density at radius 1 is 1.36 bits per heavy atom. The smallest absolute Gasteiger partial charge is 0.229 e. The molecule has 2 amide bonds. The second-order valence-corrected chi connectivity index (χ2v) is 4.10. The summed E-state index contributed by atoms with van der Waals surface area (Å²) < 4.78 is 0. The number of thiol groups is 1. The van der Waals surface area contributed by atoms with Gasteiger partial charge in [-0.1, -0.05) is 13.3 Å². The lowest BCUT2D eigenvalue weighted by molar-refractivity contribution is -0.139. The minimum atomic E-state index is -0.0158. The van der Waals surface area contributed by atoms with Crippen molar-refractivity contribution in [3.8, 4) is 0 Å². The normalized spacial score (nSPS) is 19.1. The van der Waals surface area contributed by atoms with Gasteiger partial charge in [0.05, 0.1) is 0 Å². The summed E-state index contributed by atoms with van der Waals surface area (Å²) in [6.45, 7) is 2.67. The summed E-state index contributed by atoms with van der Waals surface area (Å²) in [7, 11) is 0. The second kappa shape index (κ2) is 5.39. The molecule has 0 aromatic carbocycles. The number of amides is 2. The molecule has 0 aliphatic carbocycles. The molecule has 1 aliphatic heterocycles. The van der Waals surface area contributed by atoms with E-state index in [0.29, 0.717) is 25.3 Å². The van der Waals surface area contributed by atoms with Crippen molar-refractivity contribution in [2.24, 2.45) is 5.92 Å². The van der Waals surface area contributed by atoms with Crippen LogP contribution in [0.4, 0.5) is 0 Å². The van der Waals surface area contributed by atoms with Crippen molar-refractivity contribution in [2.75, 3.05) is 12.3 Å². The quantitative estimate of drug-likeness (QED) is 0.557. The van der Waals surface area contributed by atoms with E-state index in [1.165, 1.54) is 4.90 Å². The van der Waals surface area contributed by atoms with Crippen molar-refractivity contribution in [1.82, 2.24) is 4.90 Å². The molecule has 1 atom stereocenters. The van der Waals surface area contributed by atoms with E-state index in [2.05, 4.69) is 19.6 Å². The molecule has 1 fully saturated rings. The van der Waals surface area contributed by atoms with Crippen molar-refractivity contribution in [3.63, 3.8) is 0 Å². The minimum absolute atomic E-state index is 0.0158. The fraction of sp³-hybridized carbons (Fsp3) is 0.800. The van der Waals surface area contributed by atoms with Crippen molar-refractivity contribution in [1.29, 1.82) is 0 Å². The SMILES string of the molecule is CCCC(CS)CN1C(=O)CCC1=O. The van der Waals surface area contributed by atoms with E-state index in [1.54, 1.807) is 0 Å². The summed E-state index contributed by atoms with van der Waals surface area (Å²) >= 11 is 4.23. The van der Waals surface area contributed by atoms with E-state index in [1.807, 2.05) is 0 Å². The molecule has 80 valence electrons. The summed E-state index contributed by atoms with van der Waals surface area (Å²) in [4.78, 5) is 24.0. The topological polar surface area (TPSA) is 37.4 Å². The molecule has 0 N–H and O–H groups in total. The Bertz CT molecular complexity index is 214. The van der Waals surface area contributed by atoms with Crippen LogP contribution in [0.3, 0.4) is 0 Å². The summed E-state index contributed by atoms with van der Waals surface area (Å²) in [5.74, 6) is 1.07. The number of hydrogen-bond acceptors (Lipinski definition) is 3. The number of hydrogen-bond donors (Lipinski definition) is 1. The first-order chi connectivity index (χ1) is 6.69. The molecule has 0 aromatic rings. The highest BCUT2D eigenvalue weighted by Crippen LogP contribution is 2.17. The highest BCUT2D eigenvalue weighted by Gasteiger charge is 2.30. The van der Waals surface area contributed by atoms with Crippen LogP contribution in [0.2, 0.25) is 0 Å². The van der Waals surface area contributed by atoms with Gasteiger partial charge in [-0.05, 0) is 18.1 Å². The second-order valence-electron chi connectivity index (χ2n) is 3.74. The van der Waals surface area contributed by atoms with Crippen LogP contribution in [0.15, 0.2) is 0 Å². The monoisotopic (exact) mass is 215 g/mol. The molecule has 3 nitrogen and oxygen atoms in total. The number of rotatable bonds is 5. The number of nitrogens with zero attached hydrogens (tertiary/aromatic N) is 1. The van der Waals surface area contributed by atoms with Crippen LogP contribution in [0.1, 0.15) is 32.6 Å². The molecule has 1 heterocycles. The highest BCUT2D eigenvalue weighted by atomic mass is 32.1. The molecule has 1 unspecified atom stereocenters. The predicted octanol–water partition coefficient (Wildman–Crippen LogP) is 1.48. The Morgan fingerprint density at radius 3 is 2.36 bits per heavy atom. The average molecular weight is 215 g/mol. The van der Waals surface area contributed by atoms with Gasteiger partial charge in [0, 0.05) is 19.4 Å². The first kappa shape index (κ1) is 11.6. The zero-order valence-corrected chi connectivity index (χ0v) is 9.43. The standard InChI is InChI=1S/C10H17NO2S/c1-2-3-8(7-14)6-11-9(12)4-5-10(11)13/h8,14H,2-7H2,1H3. The van der Waals surface area contributed by atoms with Gasteiger partial charge in [0.1, 0.15) is 0 Å². The van der Waals surface area contributed by atoms with Crippen LogP contribution in [0, 0.1) is 5.92 Å². The zero-order chi connectivity index (χ0) is 10.6. The van der Waals surface area contributed by atoms with E-state index in [4.69, 9.17) is 0 Å². The Kier molecular flexibility index (Phi) is 4.45. The molecule has 1 saturated heterocycles. The maximum atomic E-state index is 11.3. The molecular weight excluding hydrogens is 198 g/mol. The lowest BCUT2D eigenvalue weighted by Gasteiger charge is -2.20. The molecule has 14 heavy (non-hydrogen) atoms. The Labute approximate surface area is 90.3 Å². The summed E-state index contributed by atoms with van der Waals surface area (Å²) in [5, 5.41) is 0. The number of carbonyl (C=O) groups excluding carboxylic acids is 2. The third-order valence-electron chi connectivity index (χ3n) is 2.55. The van der Waals surface area contributed by atoms with Crippen molar-refractivity contribution in [3.05, 3.63) is 0 Å². The first-order valence-electron chi connectivity index (χ1n) is 5.13. The molecule has 0 radical (unpaired) electrons. The van der Waals surface area contributed by atoms with Crippen LogP contribution in [-0.2, 0) is 9.59 Å². The maximum Gasteiger partial charge on any atom is 0.229 e. The van der Waals surface area contributed by atoms with E-state index in [9.17, 15) is 9.59 Å². The van der Waals surface area contributed by atoms with Crippen LogP contribution in [0.5, 0.6) is 0 Å². The number of imide groups is 1. The van der Waals surface area contributed by atoms with Gasteiger partial charge in [-0.25, -0.2) is 0 Å². The third kappa shape index (κ3) is 2.74. The molecule has 0 spiro atoms. The fourth-order valence-corrected chi connectivity index (χ4v) is 2.03. The van der Waals surface area contributed by atoms with Gasteiger partial charge in [0.25, 0.3) is 0 Å². The molecule has 1 aliphatic rings.